The van der Waals surface area contributed by atoms with Crippen molar-refractivity contribution in [2.24, 2.45) is 0 Å². The lowest BCUT2D eigenvalue weighted by atomic mass is 10.1. The molecule has 2 rings (SSSR count). The molecule has 5 heteroatoms. The number of fused-ring (bicyclic) bond motifs is 1. The van der Waals surface area contributed by atoms with Crippen molar-refractivity contribution in [3.63, 3.8) is 0 Å². The van der Waals surface area contributed by atoms with E-state index in [9.17, 15) is 14.7 Å². The lowest BCUT2D eigenvalue weighted by Crippen LogP contribution is -2.27. The first kappa shape index (κ1) is 16.1. The molecule has 1 atom stereocenters. The standard InChI is InChI=1S/C17H21NO4/c1-3-5-8-15(17(20)21)22-14-9-6-7-13-12(14)10-11-18(4-2)16(13)19/h6-7,9-11,15H,3-5,8H2,1-2H3,(H,20,21). The van der Waals surface area contributed by atoms with Gasteiger partial charge in [0, 0.05) is 18.1 Å². The van der Waals surface area contributed by atoms with Gasteiger partial charge in [0.05, 0.1) is 5.39 Å². The Hall–Kier alpha value is -2.30. The van der Waals surface area contributed by atoms with E-state index in [1.54, 1.807) is 35.0 Å². The number of pyridine rings is 1. The number of aromatic nitrogens is 1. The van der Waals surface area contributed by atoms with Crippen LogP contribution in [-0.4, -0.2) is 21.7 Å². The van der Waals surface area contributed by atoms with Crippen molar-refractivity contribution in [3.05, 3.63) is 40.8 Å². The van der Waals surface area contributed by atoms with Gasteiger partial charge in [-0.15, -0.1) is 0 Å². The van der Waals surface area contributed by atoms with Gasteiger partial charge in [0.15, 0.2) is 6.10 Å². The molecule has 2 aromatic rings. The molecule has 5 nitrogen and oxygen atoms in total. The number of carbonyl (C=O) groups is 1. The number of aliphatic carboxylic acids is 1. The number of rotatable bonds is 7. The Morgan fingerprint density at radius 2 is 2.05 bits per heavy atom. The number of hydrogen-bond acceptors (Lipinski definition) is 3. The molecule has 0 aliphatic carbocycles. The summed E-state index contributed by atoms with van der Waals surface area (Å²) in [5.41, 5.74) is -0.0918. The SMILES string of the molecule is CCCCC(Oc1cccc2c(=O)n(CC)ccc12)C(=O)O. The van der Waals surface area contributed by atoms with Crippen molar-refractivity contribution in [3.8, 4) is 5.75 Å². The van der Waals surface area contributed by atoms with Gasteiger partial charge in [0.25, 0.3) is 5.56 Å². The minimum absolute atomic E-state index is 0.0918. The van der Waals surface area contributed by atoms with Crippen LogP contribution < -0.4 is 10.3 Å². The highest BCUT2D eigenvalue weighted by Gasteiger charge is 2.20. The fourth-order valence-corrected chi connectivity index (χ4v) is 2.42. The molecule has 1 aromatic heterocycles. The minimum Gasteiger partial charge on any atom is -0.479 e. The van der Waals surface area contributed by atoms with Crippen molar-refractivity contribution in [2.45, 2.75) is 45.8 Å². The van der Waals surface area contributed by atoms with Gasteiger partial charge in [-0.2, -0.15) is 0 Å². The highest BCUT2D eigenvalue weighted by molar-refractivity contribution is 5.87. The largest absolute Gasteiger partial charge is 0.479 e. The molecule has 1 unspecified atom stereocenters. The van der Waals surface area contributed by atoms with Crippen LogP contribution in [0.15, 0.2) is 35.3 Å². The Morgan fingerprint density at radius 3 is 2.68 bits per heavy atom. The summed E-state index contributed by atoms with van der Waals surface area (Å²) < 4.78 is 7.28. The van der Waals surface area contributed by atoms with E-state index >= 15 is 0 Å². The third-order valence-electron chi connectivity index (χ3n) is 3.68. The Morgan fingerprint density at radius 1 is 1.27 bits per heavy atom. The maximum absolute atomic E-state index is 12.3. The average molecular weight is 303 g/mol. The smallest absolute Gasteiger partial charge is 0.344 e. The first-order valence-electron chi connectivity index (χ1n) is 7.60. The van der Waals surface area contributed by atoms with Gasteiger partial charge in [0.2, 0.25) is 0 Å². The van der Waals surface area contributed by atoms with Crippen molar-refractivity contribution in [1.82, 2.24) is 4.57 Å². The zero-order valence-electron chi connectivity index (χ0n) is 12.9. The van der Waals surface area contributed by atoms with Crippen molar-refractivity contribution >= 4 is 16.7 Å². The van der Waals surface area contributed by atoms with E-state index in [2.05, 4.69) is 0 Å². The summed E-state index contributed by atoms with van der Waals surface area (Å²) in [4.78, 5) is 23.6. The van der Waals surface area contributed by atoms with E-state index in [4.69, 9.17) is 4.74 Å². The van der Waals surface area contributed by atoms with Crippen LogP contribution in [0.1, 0.15) is 33.1 Å². The van der Waals surface area contributed by atoms with Gasteiger partial charge in [-0.05, 0) is 38.0 Å². The third kappa shape index (κ3) is 3.30. The van der Waals surface area contributed by atoms with Gasteiger partial charge in [-0.1, -0.05) is 19.4 Å². The molecule has 0 spiro atoms. The van der Waals surface area contributed by atoms with Crippen LogP contribution in [-0.2, 0) is 11.3 Å². The van der Waals surface area contributed by atoms with E-state index in [1.165, 1.54) is 0 Å². The molecule has 0 amide bonds. The molecule has 1 N–H and O–H groups in total. The molecular weight excluding hydrogens is 282 g/mol. The van der Waals surface area contributed by atoms with Crippen LogP contribution in [0.2, 0.25) is 0 Å². The number of nitrogens with zero attached hydrogens (tertiary/aromatic N) is 1. The van der Waals surface area contributed by atoms with Crippen LogP contribution in [0.3, 0.4) is 0 Å². The number of ether oxygens (including phenoxy) is 1. The van der Waals surface area contributed by atoms with Crippen molar-refractivity contribution in [1.29, 1.82) is 0 Å². The summed E-state index contributed by atoms with van der Waals surface area (Å²) in [6.07, 6.45) is 2.96. The molecule has 22 heavy (non-hydrogen) atoms. The molecule has 0 saturated heterocycles. The summed E-state index contributed by atoms with van der Waals surface area (Å²) in [5.74, 6) is -0.534. The van der Waals surface area contributed by atoms with E-state index < -0.39 is 12.1 Å². The second kappa shape index (κ2) is 7.11. The molecule has 118 valence electrons. The maximum atomic E-state index is 12.3. The fourth-order valence-electron chi connectivity index (χ4n) is 2.42. The molecule has 0 aliphatic heterocycles. The topological polar surface area (TPSA) is 68.5 Å². The van der Waals surface area contributed by atoms with Crippen LogP contribution in [0.5, 0.6) is 5.75 Å². The number of hydrogen-bond donors (Lipinski definition) is 1. The number of unbranched alkanes of at least 4 members (excludes halogenated alkanes) is 1. The Labute approximate surface area is 129 Å². The second-order valence-electron chi connectivity index (χ2n) is 5.21. The van der Waals surface area contributed by atoms with Crippen LogP contribution in [0.4, 0.5) is 0 Å². The van der Waals surface area contributed by atoms with E-state index in [0.717, 1.165) is 12.8 Å². The Bertz CT molecular complexity index is 720. The zero-order valence-corrected chi connectivity index (χ0v) is 12.9. The molecule has 1 heterocycles. The quantitative estimate of drug-likeness (QED) is 0.853. The second-order valence-corrected chi connectivity index (χ2v) is 5.21. The monoisotopic (exact) mass is 303 g/mol. The predicted molar refractivity (Wildman–Crippen MR) is 85.5 cm³/mol. The molecule has 0 aliphatic rings. The summed E-state index contributed by atoms with van der Waals surface area (Å²) in [5, 5.41) is 10.5. The summed E-state index contributed by atoms with van der Waals surface area (Å²) in [6.45, 7) is 4.50. The van der Waals surface area contributed by atoms with Crippen molar-refractivity contribution < 1.29 is 14.6 Å². The summed E-state index contributed by atoms with van der Waals surface area (Å²) >= 11 is 0. The number of benzene rings is 1. The predicted octanol–water partition coefficient (Wildman–Crippen LogP) is 3.04. The summed E-state index contributed by atoms with van der Waals surface area (Å²) in [7, 11) is 0. The number of aryl methyl sites for hydroxylation is 1. The average Bonchev–Trinajstić information content (AvgIpc) is 2.52. The molecular formula is C17H21NO4. The van der Waals surface area contributed by atoms with Gasteiger partial charge in [0.1, 0.15) is 5.75 Å². The molecule has 0 radical (unpaired) electrons. The highest BCUT2D eigenvalue weighted by Crippen LogP contribution is 2.25. The van der Waals surface area contributed by atoms with Crippen LogP contribution in [0, 0.1) is 0 Å². The van der Waals surface area contributed by atoms with Crippen LogP contribution >= 0.6 is 0 Å². The number of carboxylic acids is 1. The first-order chi connectivity index (χ1) is 10.6. The Balaban J connectivity index is 2.41. The van der Waals surface area contributed by atoms with Gasteiger partial charge in [-0.3, -0.25) is 4.79 Å². The first-order valence-corrected chi connectivity index (χ1v) is 7.60. The summed E-state index contributed by atoms with van der Waals surface area (Å²) in [6, 6.07) is 6.96. The minimum atomic E-state index is -0.979. The van der Waals surface area contributed by atoms with Crippen molar-refractivity contribution in [2.75, 3.05) is 0 Å². The third-order valence-corrected chi connectivity index (χ3v) is 3.68. The Kier molecular flexibility index (Phi) is 5.20. The van der Waals surface area contributed by atoms with E-state index in [-0.39, 0.29) is 5.56 Å². The van der Waals surface area contributed by atoms with Gasteiger partial charge in [-0.25, -0.2) is 4.79 Å². The normalized spacial score (nSPS) is 12.3. The van der Waals surface area contributed by atoms with Gasteiger partial charge >= 0.3 is 5.97 Å². The van der Waals surface area contributed by atoms with Gasteiger partial charge < -0.3 is 14.4 Å². The number of carboxylic acid groups (broad SMARTS) is 1. The molecule has 0 saturated carbocycles. The van der Waals surface area contributed by atoms with Crippen LogP contribution in [0.25, 0.3) is 10.8 Å². The fraction of sp³-hybridized carbons (Fsp3) is 0.412. The lowest BCUT2D eigenvalue weighted by molar-refractivity contribution is -0.145. The highest BCUT2D eigenvalue weighted by atomic mass is 16.5. The lowest BCUT2D eigenvalue weighted by Gasteiger charge is -2.16. The molecule has 0 bridgehead atoms. The molecule has 1 aromatic carbocycles. The van der Waals surface area contributed by atoms with E-state index in [0.29, 0.717) is 29.5 Å². The maximum Gasteiger partial charge on any atom is 0.344 e. The van der Waals surface area contributed by atoms with E-state index in [1.807, 2.05) is 13.8 Å². The zero-order chi connectivity index (χ0) is 16.1. The molecule has 0 fully saturated rings.